The summed E-state index contributed by atoms with van der Waals surface area (Å²) in [4.78, 5) is 66.6. The van der Waals surface area contributed by atoms with Gasteiger partial charge in [0.2, 0.25) is 34.1 Å². The van der Waals surface area contributed by atoms with Crippen molar-refractivity contribution >= 4 is 44.7 Å². The smallest absolute Gasteiger partial charge is 0.408 e. The van der Waals surface area contributed by atoms with Gasteiger partial charge in [0.25, 0.3) is 5.92 Å². The minimum Gasteiger partial charge on any atom is -0.497 e. The molecule has 1 aromatic heterocycles. The molecule has 2 aromatic rings. The average Bonchev–Trinajstić information content (AvgIpc) is 4.12. The highest BCUT2D eigenvalue weighted by molar-refractivity contribution is 7.91. The van der Waals surface area contributed by atoms with Crippen molar-refractivity contribution in [2.45, 2.75) is 140 Å². The number of alkyl carbamates (subject to hydrolysis) is 1. The molecule has 19 heteroatoms. The second-order valence-electron chi connectivity index (χ2n) is 18.6. The molecule has 0 spiro atoms. The molecule has 2 aliphatic heterocycles. The minimum absolute atomic E-state index is 0.0563. The van der Waals surface area contributed by atoms with Crippen molar-refractivity contribution in [1.82, 2.24) is 24.9 Å². The van der Waals surface area contributed by atoms with Crippen LogP contribution in [0.4, 0.5) is 22.4 Å². The normalized spacial score (nSPS) is 31.4. The quantitative estimate of drug-likeness (QED) is 0.280. The van der Waals surface area contributed by atoms with Gasteiger partial charge >= 0.3 is 6.09 Å². The maximum atomic E-state index is 16.4. The monoisotopic (exact) mass is 867 g/mol. The molecular weight excluding hydrogens is 815 g/mol. The lowest BCUT2D eigenvalue weighted by Gasteiger charge is -2.36. The average molecular weight is 868 g/mol. The molecule has 3 aliphatic carbocycles. The minimum atomic E-state index is -4.27. The summed E-state index contributed by atoms with van der Waals surface area (Å²) >= 11 is 0. The first kappa shape index (κ1) is 43.8. The first-order valence-corrected chi connectivity index (χ1v) is 22.1. The molecule has 7 rings (SSSR count). The Bertz CT molecular complexity index is 2170. The van der Waals surface area contributed by atoms with Gasteiger partial charge in [0.1, 0.15) is 24.0 Å². The summed E-state index contributed by atoms with van der Waals surface area (Å²) in [5.41, 5.74) is -3.52. The van der Waals surface area contributed by atoms with Gasteiger partial charge in [-0.3, -0.25) is 19.1 Å². The van der Waals surface area contributed by atoms with Crippen molar-refractivity contribution < 1.29 is 59.4 Å². The van der Waals surface area contributed by atoms with Crippen LogP contribution in [0.3, 0.4) is 0 Å². The van der Waals surface area contributed by atoms with E-state index in [1.807, 2.05) is 4.72 Å². The third-order valence-corrected chi connectivity index (χ3v) is 15.3. The van der Waals surface area contributed by atoms with Gasteiger partial charge in [-0.2, -0.15) is 8.78 Å². The number of benzene rings is 1. The molecule has 2 bridgehead atoms. The van der Waals surface area contributed by atoms with Gasteiger partial charge in [-0.1, -0.05) is 34.1 Å². The van der Waals surface area contributed by atoms with E-state index in [2.05, 4.69) is 15.3 Å². The van der Waals surface area contributed by atoms with E-state index in [9.17, 15) is 36.4 Å². The predicted octanol–water partition coefficient (Wildman–Crippen LogP) is 6.05. The zero-order chi connectivity index (χ0) is 43.7. The number of methoxy groups -OCH3 is 1. The van der Waals surface area contributed by atoms with Gasteiger partial charge in [-0.15, -0.1) is 0 Å². The Morgan fingerprint density at radius 3 is 2.40 bits per heavy atom. The Kier molecular flexibility index (Phi) is 11.4. The van der Waals surface area contributed by atoms with E-state index in [0.717, 1.165) is 4.90 Å². The molecule has 3 saturated carbocycles. The second kappa shape index (κ2) is 15.6. The van der Waals surface area contributed by atoms with Gasteiger partial charge in [0, 0.05) is 30.7 Å². The van der Waals surface area contributed by atoms with E-state index in [1.165, 1.54) is 26.2 Å². The number of sulfonamides is 1. The highest BCUT2D eigenvalue weighted by Crippen LogP contribution is 2.59. The van der Waals surface area contributed by atoms with Crippen molar-refractivity contribution in [1.29, 1.82) is 0 Å². The van der Waals surface area contributed by atoms with Crippen molar-refractivity contribution in [2.24, 2.45) is 28.6 Å². The molecule has 1 saturated heterocycles. The summed E-state index contributed by atoms with van der Waals surface area (Å²) in [5, 5.41) is 2.68. The molecule has 3 amide bonds. The van der Waals surface area contributed by atoms with Crippen molar-refractivity contribution in [3.63, 3.8) is 0 Å². The molecule has 4 fully saturated rings. The van der Waals surface area contributed by atoms with Crippen LogP contribution in [0.1, 0.15) is 105 Å². The lowest BCUT2D eigenvalue weighted by atomic mass is 9.84. The number of hydrogen-bond acceptors (Lipinski definition) is 11. The van der Waals surface area contributed by atoms with E-state index in [4.69, 9.17) is 14.2 Å². The number of hydrogen-bond donors (Lipinski definition) is 2. The number of carbonyl (C=O) groups excluding carboxylic acids is 4. The fraction of sp³-hybridized carbons (Fsp3) is 0.707. The van der Waals surface area contributed by atoms with Crippen LogP contribution in [-0.4, -0.2) is 96.1 Å². The molecule has 60 heavy (non-hydrogen) atoms. The molecule has 2 N–H and O–H groups in total. The van der Waals surface area contributed by atoms with Crippen LogP contribution in [-0.2, 0) is 35.1 Å². The first-order chi connectivity index (χ1) is 28.0. The Morgan fingerprint density at radius 1 is 1.07 bits per heavy atom. The number of carbonyl (C=O) groups is 4. The summed E-state index contributed by atoms with van der Waals surface area (Å²) in [6.45, 7) is 7.76. The number of fused-ring (bicyclic) bond motifs is 5. The highest BCUT2D eigenvalue weighted by Gasteiger charge is 2.67. The van der Waals surface area contributed by atoms with Gasteiger partial charge in [0.15, 0.2) is 11.5 Å². The first-order valence-electron chi connectivity index (χ1n) is 20.6. The number of halogens is 4. The van der Waals surface area contributed by atoms with Crippen LogP contribution in [0.25, 0.3) is 11.0 Å². The zero-order valence-corrected chi connectivity index (χ0v) is 35.4. The summed E-state index contributed by atoms with van der Waals surface area (Å²) in [7, 11) is -2.85. The Balaban J connectivity index is 1.30. The maximum Gasteiger partial charge on any atom is 0.408 e. The van der Waals surface area contributed by atoms with Crippen LogP contribution in [0.5, 0.6) is 11.6 Å². The van der Waals surface area contributed by atoms with Crippen molar-refractivity contribution in [3.8, 4) is 11.6 Å². The van der Waals surface area contributed by atoms with Crippen LogP contribution < -0.4 is 19.5 Å². The Labute approximate surface area is 346 Å². The van der Waals surface area contributed by atoms with E-state index < -0.39 is 135 Å². The van der Waals surface area contributed by atoms with Crippen LogP contribution in [0.2, 0.25) is 0 Å². The summed E-state index contributed by atoms with van der Waals surface area (Å²) in [5.74, 6) is -9.22. The highest BCUT2D eigenvalue weighted by atomic mass is 32.2. The number of rotatable bonds is 9. The summed E-state index contributed by atoms with van der Waals surface area (Å²) < 4.78 is 106. The van der Waals surface area contributed by atoms with Gasteiger partial charge in [0.05, 0.1) is 40.9 Å². The zero-order valence-electron chi connectivity index (χ0n) is 34.6. The molecule has 0 radical (unpaired) electrons. The summed E-state index contributed by atoms with van der Waals surface area (Å²) in [6.07, 6.45) is -5.40. The summed E-state index contributed by atoms with van der Waals surface area (Å²) in [6, 6.07) is 1.75. The molecule has 1 aromatic carbocycles. The topological polar surface area (TPSA) is 183 Å². The van der Waals surface area contributed by atoms with E-state index in [-0.39, 0.29) is 42.6 Å². The molecular formula is C41H53F4N5O9S. The number of nitrogens with one attached hydrogen (secondary N) is 2. The van der Waals surface area contributed by atoms with Gasteiger partial charge in [-0.25, -0.2) is 32.0 Å². The number of ketones is 1. The lowest BCUT2D eigenvalue weighted by molar-refractivity contribution is -0.143. The fourth-order valence-corrected chi connectivity index (χ4v) is 10.1. The van der Waals surface area contributed by atoms with E-state index >= 15 is 8.78 Å². The van der Waals surface area contributed by atoms with E-state index in [1.54, 1.807) is 33.8 Å². The molecule has 2 unspecified atom stereocenters. The lowest BCUT2D eigenvalue weighted by Crippen LogP contribution is -2.57. The molecule has 330 valence electrons. The van der Waals surface area contributed by atoms with Crippen molar-refractivity contribution in [2.75, 3.05) is 13.7 Å². The predicted molar refractivity (Wildman–Crippen MR) is 208 cm³/mol. The van der Waals surface area contributed by atoms with Gasteiger partial charge < -0.3 is 24.4 Å². The number of ether oxygens (including phenoxy) is 3. The standard InChI is InChI=1S/C41H53F4N5O9S/c1-7-23-29-20-50(30(23)27(51)19-40(18-24(40)33(42)43)36(53)49-60(55,56)39(5)14-15-39)35(52)32(38(2,3)4)48-37(54)59-28-16-21(28)10-8-9-13-41(44,45)31-34(58-29)47-26-17-22(57-6)11-12-25(26)46-31/h11-12,17,21,23-24,28-30,32-33H,7-10,13-16,18-20H2,1-6H3,(H,48,54)(H,49,53)/t21?,23-,24+,28-,29+,30+,32?,40-/m1/s1. The second-order valence-corrected chi connectivity index (χ2v) is 20.8. The maximum absolute atomic E-state index is 16.4. The Hall–Kier alpha value is -4.29. The largest absolute Gasteiger partial charge is 0.497 e. The SMILES string of the molecule is CC[C@@H]1[C@@H]2CN(C(=O)C(C(C)(C)C)NC(=O)O[C@@H]3CC3CCCCC(F)(F)c3nc4ccc(OC)cc4nc3O2)[C@@H]1C(=O)C[C@]1(C(=O)NS(=O)(=O)C2(C)CC2)C[C@H]1C(F)F. The third-order valence-electron chi connectivity index (χ3n) is 13.1. The number of nitrogens with zero attached hydrogens (tertiary/aromatic N) is 3. The van der Waals surface area contributed by atoms with Crippen LogP contribution in [0, 0.1) is 28.6 Å². The third kappa shape index (κ3) is 8.35. The number of amides is 3. The molecule has 3 heterocycles. The molecule has 14 nitrogen and oxygen atoms in total. The number of aromatic nitrogens is 2. The Morgan fingerprint density at radius 2 is 1.78 bits per heavy atom. The van der Waals surface area contributed by atoms with Gasteiger partial charge in [-0.05, 0) is 75.3 Å². The van der Waals surface area contributed by atoms with E-state index in [0.29, 0.717) is 25.0 Å². The number of Topliss-reactive ketones (excluding diaryl/α,β-unsaturated/α-hetero) is 1. The fourth-order valence-electron chi connectivity index (χ4n) is 8.80. The van der Waals surface area contributed by atoms with Crippen LogP contribution in [0.15, 0.2) is 18.2 Å². The molecule has 5 aliphatic rings. The molecule has 8 atom stereocenters. The van der Waals surface area contributed by atoms with Crippen LogP contribution >= 0.6 is 0 Å². The van der Waals surface area contributed by atoms with Crippen molar-refractivity contribution in [3.05, 3.63) is 23.9 Å². The number of alkyl halides is 4.